The molecule has 41 heavy (non-hydrogen) atoms. The lowest BCUT2D eigenvalue weighted by atomic mass is 9.96. The molecule has 2 aromatic rings. The Hall–Kier alpha value is -3.47. The summed E-state index contributed by atoms with van der Waals surface area (Å²) < 4.78 is 15.8. The SMILES string of the molecule is COC(=O)[C@@H](C)C[C@H](Cc1ccccc1)NC(=O)c1csc(C(CC(NC(=O)OC(C)(C)C)C(C)C)OC(C)=O)n1. The maximum Gasteiger partial charge on any atom is 0.407 e. The van der Waals surface area contributed by atoms with Crippen LogP contribution in [0.3, 0.4) is 0 Å². The highest BCUT2D eigenvalue weighted by molar-refractivity contribution is 7.09. The van der Waals surface area contributed by atoms with Crippen LogP contribution in [0.4, 0.5) is 4.79 Å². The molecule has 0 saturated carbocycles. The number of methoxy groups -OCH3 is 1. The van der Waals surface area contributed by atoms with Gasteiger partial charge in [-0.05, 0) is 45.1 Å². The molecule has 0 spiro atoms. The molecule has 0 aliphatic rings. The Kier molecular flexibility index (Phi) is 12.8. The van der Waals surface area contributed by atoms with E-state index in [1.54, 1.807) is 33.1 Å². The third-order valence-electron chi connectivity index (χ3n) is 6.21. The molecule has 1 aromatic heterocycles. The lowest BCUT2D eigenvalue weighted by Crippen LogP contribution is -2.42. The van der Waals surface area contributed by atoms with Gasteiger partial charge in [0, 0.05) is 30.8 Å². The van der Waals surface area contributed by atoms with Gasteiger partial charge in [-0.3, -0.25) is 14.4 Å². The molecule has 2 amide bonds. The molecule has 2 N–H and O–H groups in total. The number of thiazole rings is 1. The molecular weight excluding hydrogens is 546 g/mol. The van der Waals surface area contributed by atoms with Crippen LogP contribution >= 0.6 is 11.3 Å². The number of nitrogens with one attached hydrogen (secondary N) is 2. The number of carbonyl (C=O) groups is 4. The van der Waals surface area contributed by atoms with Gasteiger partial charge in [0.15, 0.2) is 6.10 Å². The lowest BCUT2D eigenvalue weighted by molar-refractivity contribution is -0.147. The highest BCUT2D eigenvalue weighted by Crippen LogP contribution is 2.29. The van der Waals surface area contributed by atoms with Gasteiger partial charge in [0.05, 0.1) is 13.0 Å². The Balaban J connectivity index is 2.21. The number of nitrogens with zero attached hydrogens (tertiary/aromatic N) is 1. The van der Waals surface area contributed by atoms with Gasteiger partial charge in [0.2, 0.25) is 0 Å². The topological polar surface area (TPSA) is 133 Å². The zero-order valence-electron chi connectivity index (χ0n) is 25.2. The predicted molar refractivity (Wildman–Crippen MR) is 156 cm³/mol. The van der Waals surface area contributed by atoms with E-state index in [9.17, 15) is 19.2 Å². The van der Waals surface area contributed by atoms with Gasteiger partial charge in [0.25, 0.3) is 5.91 Å². The number of hydrogen-bond donors (Lipinski definition) is 2. The van der Waals surface area contributed by atoms with Crippen molar-refractivity contribution in [1.82, 2.24) is 15.6 Å². The molecule has 1 aromatic carbocycles. The molecule has 0 aliphatic carbocycles. The molecule has 0 saturated heterocycles. The summed E-state index contributed by atoms with van der Waals surface area (Å²) in [6.45, 7) is 12.3. The van der Waals surface area contributed by atoms with Crippen LogP contribution in [0.5, 0.6) is 0 Å². The van der Waals surface area contributed by atoms with Gasteiger partial charge in [-0.15, -0.1) is 11.3 Å². The molecule has 0 bridgehead atoms. The Morgan fingerprint density at radius 2 is 1.66 bits per heavy atom. The van der Waals surface area contributed by atoms with Gasteiger partial charge in [-0.1, -0.05) is 51.1 Å². The van der Waals surface area contributed by atoms with Crippen molar-refractivity contribution in [3.63, 3.8) is 0 Å². The van der Waals surface area contributed by atoms with Crippen LogP contribution in [0, 0.1) is 11.8 Å². The second kappa shape index (κ2) is 15.5. The fraction of sp³-hybridized carbons (Fsp3) is 0.567. The van der Waals surface area contributed by atoms with E-state index in [4.69, 9.17) is 14.2 Å². The van der Waals surface area contributed by atoms with Crippen LogP contribution in [-0.4, -0.2) is 53.7 Å². The molecule has 2 rings (SSSR count). The third-order valence-corrected chi connectivity index (χ3v) is 7.15. The van der Waals surface area contributed by atoms with E-state index in [2.05, 4.69) is 15.6 Å². The van der Waals surface area contributed by atoms with Crippen LogP contribution < -0.4 is 10.6 Å². The van der Waals surface area contributed by atoms with Crippen molar-refractivity contribution in [1.29, 1.82) is 0 Å². The first-order valence-electron chi connectivity index (χ1n) is 13.7. The average Bonchev–Trinajstić information content (AvgIpc) is 3.37. The average molecular weight is 590 g/mol. The molecule has 10 nitrogen and oxygen atoms in total. The van der Waals surface area contributed by atoms with Crippen LogP contribution in [0.25, 0.3) is 0 Å². The highest BCUT2D eigenvalue weighted by Gasteiger charge is 2.29. The van der Waals surface area contributed by atoms with E-state index < -0.39 is 35.6 Å². The molecule has 2 unspecified atom stereocenters. The number of rotatable bonds is 13. The molecular formula is C30H43N3O7S. The zero-order chi connectivity index (χ0) is 30.7. The van der Waals surface area contributed by atoms with Crippen molar-refractivity contribution >= 4 is 35.3 Å². The van der Waals surface area contributed by atoms with Crippen molar-refractivity contribution in [2.24, 2.45) is 11.8 Å². The Bertz CT molecular complexity index is 1160. The summed E-state index contributed by atoms with van der Waals surface area (Å²) in [6, 6.07) is 8.94. The van der Waals surface area contributed by atoms with Gasteiger partial charge >= 0.3 is 18.0 Å². The summed E-state index contributed by atoms with van der Waals surface area (Å²) in [5.41, 5.74) is 0.527. The summed E-state index contributed by atoms with van der Waals surface area (Å²) >= 11 is 1.20. The number of amides is 2. The van der Waals surface area contributed by atoms with Gasteiger partial charge in [-0.2, -0.15) is 0 Å². The summed E-state index contributed by atoms with van der Waals surface area (Å²) in [7, 11) is 1.34. The maximum absolute atomic E-state index is 13.3. The van der Waals surface area contributed by atoms with E-state index in [-0.39, 0.29) is 36.1 Å². The van der Waals surface area contributed by atoms with Crippen LogP contribution in [0.15, 0.2) is 35.7 Å². The number of aromatic nitrogens is 1. The van der Waals surface area contributed by atoms with E-state index in [0.29, 0.717) is 17.8 Å². The van der Waals surface area contributed by atoms with E-state index >= 15 is 0 Å². The quantitative estimate of drug-likeness (QED) is 0.240. The monoisotopic (exact) mass is 589 g/mol. The standard InChI is InChI=1S/C30H43N3O7S/c1-18(2)23(33-29(37)40-30(5,6)7)16-25(39-20(4)34)27-32-24(17-41-27)26(35)31-22(14-19(3)28(36)38-8)15-21-12-10-9-11-13-21/h9-13,17-19,22-23,25H,14-16H2,1-8H3,(H,31,35)(H,33,37)/t19-,22+,23?,25?/m0/s1. The minimum absolute atomic E-state index is 0.00106. The van der Waals surface area contributed by atoms with Gasteiger partial charge in [-0.25, -0.2) is 9.78 Å². The fourth-order valence-electron chi connectivity index (χ4n) is 4.20. The van der Waals surface area contributed by atoms with E-state index in [1.165, 1.54) is 25.4 Å². The lowest BCUT2D eigenvalue weighted by Gasteiger charge is -2.28. The van der Waals surface area contributed by atoms with E-state index in [1.807, 2.05) is 44.2 Å². The normalized spacial score (nSPS) is 14.4. The molecule has 0 fully saturated rings. The molecule has 11 heteroatoms. The zero-order valence-corrected chi connectivity index (χ0v) is 26.0. The Labute approximate surface area is 246 Å². The molecule has 0 radical (unpaired) electrons. The number of benzene rings is 1. The number of ether oxygens (including phenoxy) is 3. The molecule has 0 aliphatic heterocycles. The smallest absolute Gasteiger partial charge is 0.407 e. The Morgan fingerprint density at radius 3 is 2.22 bits per heavy atom. The summed E-state index contributed by atoms with van der Waals surface area (Å²) in [4.78, 5) is 54.2. The summed E-state index contributed by atoms with van der Waals surface area (Å²) in [5.74, 6) is -1.68. The third kappa shape index (κ3) is 11.9. The van der Waals surface area contributed by atoms with E-state index in [0.717, 1.165) is 5.56 Å². The van der Waals surface area contributed by atoms with Gasteiger partial charge in [0.1, 0.15) is 16.3 Å². The maximum atomic E-state index is 13.3. The number of alkyl carbamates (subject to hydrolysis) is 1. The largest absolute Gasteiger partial charge is 0.469 e. The first-order chi connectivity index (χ1) is 19.2. The second-order valence-corrected chi connectivity index (χ2v) is 12.3. The van der Waals surface area contributed by atoms with Crippen LogP contribution in [-0.2, 0) is 30.2 Å². The first-order valence-corrected chi connectivity index (χ1v) is 14.6. The van der Waals surface area contributed by atoms with Crippen molar-refractivity contribution in [3.05, 3.63) is 52.0 Å². The first kappa shape index (κ1) is 33.7. The highest BCUT2D eigenvalue weighted by atomic mass is 32.1. The predicted octanol–water partition coefficient (Wildman–Crippen LogP) is 5.23. The number of carbonyl (C=O) groups excluding carboxylic acids is 4. The fourth-order valence-corrected chi connectivity index (χ4v) is 5.04. The van der Waals surface area contributed by atoms with Crippen molar-refractivity contribution in [2.75, 3.05) is 7.11 Å². The van der Waals surface area contributed by atoms with Crippen LogP contribution in [0.1, 0.15) is 88.5 Å². The minimum atomic E-state index is -0.777. The van der Waals surface area contributed by atoms with Crippen molar-refractivity contribution in [2.45, 2.75) is 91.5 Å². The van der Waals surface area contributed by atoms with Gasteiger partial charge < -0.3 is 24.8 Å². The summed E-state index contributed by atoms with van der Waals surface area (Å²) in [6.07, 6.45) is -0.193. The van der Waals surface area contributed by atoms with Crippen LogP contribution in [0.2, 0.25) is 0 Å². The molecule has 226 valence electrons. The van der Waals surface area contributed by atoms with Crippen molar-refractivity contribution in [3.8, 4) is 0 Å². The number of hydrogen-bond acceptors (Lipinski definition) is 9. The molecule has 1 heterocycles. The molecule has 4 atom stereocenters. The van der Waals surface area contributed by atoms with Crippen molar-refractivity contribution < 1.29 is 33.4 Å². The number of esters is 2. The second-order valence-electron chi connectivity index (χ2n) is 11.4. The minimum Gasteiger partial charge on any atom is -0.469 e. The summed E-state index contributed by atoms with van der Waals surface area (Å²) in [5, 5.41) is 7.91. The Morgan fingerprint density at radius 1 is 1.00 bits per heavy atom.